The Hall–Kier alpha value is -1.21. The lowest BCUT2D eigenvalue weighted by Gasteiger charge is -2.12. The SMILES string of the molecule is C[C@@H](Nc1ncnc2c(Br)cc(Br)cc12)C(=O)O. The molecule has 2 rings (SSSR count). The summed E-state index contributed by atoms with van der Waals surface area (Å²) in [6.45, 7) is 1.56. The molecule has 0 spiro atoms. The highest BCUT2D eigenvalue weighted by atomic mass is 79.9. The lowest BCUT2D eigenvalue weighted by Crippen LogP contribution is -2.26. The summed E-state index contributed by atoms with van der Waals surface area (Å²) in [5, 5.41) is 12.5. The van der Waals surface area contributed by atoms with Crippen LogP contribution in [-0.4, -0.2) is 27.1 Å². The summed E-state index contributed by atoms with van der Waals surface area (Å²) in [5.41, 5.74) is 0.730. The summed E-state index contributed by atoms with van der Waals surface area (Å²) in [6, 6.07) is 3.00. The smallest absolute Gasteiger partial charge is 0.325 e. The number of aliphatic carboxylic acids is 1. The summed E-state index contributed by atoms with van der Waals surface area (Å²) in [5.74, 6) is -0.437. The Kier molecular flexibility index (Phi) is 3.82. The average Bonchev–Trinajstić information content (AvgIpc) is 2.29. The van der Waals surface area contributed by atoms with Crippen molar-refractivity contribution in [1.29, 1.82) is 0 Å². The zero-order chi connectivity index (χ0) is 13.3. The minimum atomic E-state index is -0.934. The predicted molar refractivity (Wildman–Crippen MR) is 75.7 cm³/mol. The number of carbonyl (C=O) groups is 1. The first-order valence-corrected chi connectivity index (χ1v) is 6.66. The number of hydrogen-bond donors (Lipinski definition) is 2. The Balaban J connectivity index is 2.54. The van der Waals surface area contributed by atoms with Gasteiger partial charge in [-0.1, -0.05) is 15.9 Å². The van der Waals surface area contributed by atoms with Gasteiger partial charge in [-0.2, -0.15) is 0 Å². The van der Waals surface area contributed by atoms with Gasteiger partial charge < -0.3 is 10.4 Å². The Morgan fingerprint density at radius 2 is 2.11 bits per heavy atom. The largest absolute Gasteiger partial charge is 0.480 e. The van der Waals surface area contributed by atoms with Crippen LogP contribution >= 0.6 is 31.9 Å². The minimum Gasteiger partial charge on any atom is -0.480 e. The third-order valence-corrected chi connectivity index (χ3v) is 3.44. The van der Waals surface area contributed by atoms with Gasteiger partial charge in [-0.3, -0.25) is 4.79 Å². The lowest BCUT2D eigenvalue weighted by molar-refractivity contribution is -0.137. The van der Waals surface area contributed by atoms with Crippen molar-refractivity contribution in [2.45, 2.75) is 13.0 Å². The molecule has 94 valence electrons. The van der Waals surface area contributed by atoms with Crippen LogP contribution < -0.4 is 5.32 Å². The van der Waals surface area contributed by atoms with E-state index in [-0.39, 0.29) is 0 Å². The molecule has 0 bridgehead atoms. The van der Waals surface area contributed by atoms with Gasteiger partial charge in [-0.15, -0.1) is 0 Å². The molecule has 2 aromatic rings. The maximum Gasteiger partial charge on any atom is 0.325 e. The van der Waals surface area contributed by atoms with Gasteiger partial charge in [-0.05, 0) is 35.0 Å². The standard InChI is InChI=1S/C11H9Br2N3O2/c1-5(11(17)18)16-10-7-2-6(12)3-8(13)9(7)14-4-15-10/h2-5H,1H3,(H,17,18)(H,14,15,16)/t5-/m1/s1. The van der Waals surface area contributed by atoms with Crippen molar-refractivity contribution < 1.29 is 9.90 Å². The van der Waals surface area contributed by atoms with Crippen molar-refractivity contribution in [3.63, 3.8) is 0 Å². The molecule has 0 fully saturated rings. The normalized spacial score (nSPS) is 12.4. The maximum atomic E-state index is 10.8. The Labute approximate surface area is 120 Å². The number of aromatic nitrogens is 2. The zero-order valence-electron chi connectivity index (χ0n) is 9.32. The zero-order valence-corrected chi connectivity index (χ0v) is 12.5. The van der Waals surface area contributed by atoms with Gasteiger partial charge in [0.15, 0.2) is 0 Å². The number of fused-ring (bicyclic) bond motifs is 1. The molecule has 1 aromatic heterocycles. The topological polar surface area (TPSA) is 75.1 Å². The van der Waals surface area contributed by atoms with Gasteiger partial charge >= 0.3 is 5.97 Å². The summed E-state index contributed by atoms with van der Waals surface area (Å²) < 4.78 is 1.68. The van der Waals surface area contributed by atoms with E-state index in [1.165, 1.54) is 6.33 Å². The molecule has 5 nitrogen and oxygen atoms in total. The lowest BCUT2D eigenvalue weighted by atomic mass is 10.2. The van der Waals surface area contributed by atoms with E-state index in [1.54, 1.807) is 6.92 Å². The van der Waals surface area contributed by atoms with Crippen LogP contribution in [-0.2, 0) is 4.79 Å². The van der Waals surface area contributed by atoms with Crippen molar-refractivity contribution in [2.75, 3.05) is 5.32 Å². The van der Waals surface area contributed by atoms with E-state index in [0.29, 0.717) is 5.82 Å². The highest BCUT2D eigenvalue weighted by Crippen LogP contribution is 2.30. The molecule has 0 saturated heterocycles. The van der Waals surface area contributed by atoms with E-state index in [2.05, 4.69) is 47.1 Å². The van der Waals surface area contributed by atoms with Crippen LogP contribution in [0, 0.1) is 0 Å². The third kappa shape index (κ3) is 2.62. The number of halogens is 2. The third-order valence-electron chi connectivity index (χ3n) is 2.38. The highest BCUT2D eigenvalue weighted by Gasteiger charge is 2.14. The fourth-order valence-electron chi connectivity index (χ4n) is 1.47. The molecule has 0 amide bonds. The Morgan fingerprint density at radius 3 is 2.78 bits per heavy atom. The van der Waals surface area contributed by atoms with E-state index in [4.69, 9.17) is 5.11 Å². The quantitative estimate of drug-likeness (QED) is 0.863. The van der Waals surface area contributed by atoms with Crippen LogP contribution in [0.3, 0.4) is 0 Å². The van der Waals surface area contributed by atoms with E-state index >= 15 is 0 Å². The van der Waals surface area contributed by atoms with Crippen molar-refractivity contribution in [3.05, 3.63) is 27.4 Å². The van der Waals surface area contributed by atoms with E-state index in [9.17, 15) is 4.79 Å². The van der Waals surface area contributed by atoms with E-state index < -0.39 is 12.0 Å². The number of rotatable bonds is 3. The molecule has 2 N–H and O–H groups in total. The summed E-state index contributed by atoms with van der Waals surface area (Å²) >= 11 is 6.80. The molecule has 0 radical (unpaired) electrons. The molecular formula is C11H9Br2N3O2. The van der Waals surface area contributed by atoms with Crippen LogP contribution in [0.5, 0.6) is 0 Å². The van der Waals surface area contributed by atoms with Crippen LogP contribution in [0.2, 0.25) is 0 Å². The number of anilines is 1. The van der Waals surface area contributed by atoms with E-state index in [0.717, 1.165) is 19.8 Å². The first-order chi connectivity index (χ1) is 8.49. The molecule has 0 aliphatic carbocycles. The number of benzene rings is 1. The number of carboxylic acids is 1. The highest BCUT2D eigenvalue weighted by molar-refractivity contribution is 9.11. The molecular weight excluding hydrogens is 366 g/mol. The summed E-state index contributed by atoms with van der Waals surface area (Å²) in [6.07, 6.45) is 1.40. The van der Waals surface area contributed by atoms with Gasteiger partial charge in [0.05, 0.1) is 5.52 Å². The second kappa shape index (κ2) is 5.19. The molecule has 0 saturated carbocycles. The Bertz CT molecular complexity index is 619. The second-order valence-corrected chi connectivity index (χ2v) is 5.48. The predicted octanol–water partition coefficient (Wildman–Crippen LogP) is 3.04. The minimum absolute atomic E-state index is 0.497. The number of nitrogens with one attached hydrogen (secondary N) is 1. The number of nitrogens with zero attached hydrogens (tertiary/aromatic N) is 2. The first-order valence-electron chi connectivity index (χ1n) is 5.08. The average molecular weight is 375 g/mol. The number of carboxylic acid groups (broad SMARTS) is 1. The fraction of sp³-hybridized carbons (Fsp3) is 0.182. The second-order valence-electron chi connectivity index (χ2n) is 3.71. The summed E-state index contributed by atoms with van der Waals surface area (Å²) in [4.78, 5) is 19.1. The molecule has 7 heteroatoms. The molecule has 18 heavy (non-hydrogen) atoms. The van der Waals surface area contributed by atoms with Gasteiger partial charge in [0.2, 0.25) is 0 Å². The van der Waals surface area contributed by atoms with E-state index in [1.807, 2.05) is 12.1 Å². The summed E-state index contributed by atoms with van der Waals surface area (Å²) in [7, 11) is 0. The number of hydrogen-bond acceptors (Lipinski definition) is 4. The van der Waals surface area contributed by atoms with Crippen LogP contribution in [0.15, 0.2) is 27.4 Å². The van der Waals surface area contributed by atoms with Crippen molar-refractivity contribution >= 4 is 54.5 Å². The van der Waals surface area contributed by atoms with Crippen molar-refractivity contribution in [2.24, 2.45) is 0 Å². The fourth-order valence-corrected chi connectivity index (χ4v) is 2.80. The van der Waals surface area contributed by atoms with Gasteiger partial charge in [0.1, 0.15) is 18.2 Å². The maximum absolute atomic E-state index is 10.8. The van der Waals surface area contributed by atoms with Crippen LogP contribution in [0.25, 0.3) is 10.9 Å². The molecule has 0 aliphatic heterocycles. The molecule has 1 heterocycles. The van der Waals surface area contributed by atoms with Crippen LogP contribution in [0.4, 0.5) is 5.82 Å². The molecule has 1 aromatic carbocycles. The van der Waals surface area contributed by atoms with Crippen LogP contribution in [0.1, 0.15) is 6.92 Å². The molecule has 0 aliphatic rings. The first kappa shape index (κ1) is 13.2. The molecule has 0 unspecified atom stereocenters. The van der Waals surface area contributed by atoms with Gasteiger partial charge in [0.25, 0.3) is 0 Å². The van der Waals surface area contributed by atoms with Crippen molar-refractivity contribution in [3.8, 4) is 0 Å². The monoisotopic (exact) mass is 373 g/mol. The Morgan fingerprint density at radius 1 is 1.39 bits per heavy atom. The van der Waals surface area contributed by atoms with Gasteiger partial charge in [0, 0.05) is 14.3 Å². The van der Waals surface area contributed by atoms with Gasteiger partial charge in [-0.25, -0.2) is 9.97 Å². The van der Waals surface area contributed by atoms with Crippen molar-refractivity contribution in [1.82, 2.24) is 9.97 Å². The molecule has 1 atom stereocenters.